The third kappa shape index (κ3) is 5.16. The molecule has 5 rings (SSSR count). The number of aromatic nitrogens is 5. The quantitative estimate of drug-likeness (QED) is 0.252. The Morgan fingerprint density at radius 1 is 1.08 bits per heavy atom. The number of halogens is 4. The molecule has 0 amide bonds. The minimum Gasteiger partial charge on any atom is -0.381 e. The maximum absolute atomic E-state index is 14.9. The Morgan fingerprint density at radius 2 is 1.92 bits per heavy atom. The molecule has 2 aromatic heterocycles. The number of nitrogens with zero attached hydrogens (tertiary/aromatic N) is 5. The van der Waals surface area contributed by atoms with Gasteiger partial charge in [-0.2, -0.15) is 10.2 Å². The summed E-state index contributed by atoms with van der Waals surface area (Å²) in [5, 5.41) is 25.8. The van der Waals surface area contributed by atoms with E-state index in [1.807, 2.05) is 24.3 Å². The van der Waals surface area contributed by atoms with Crippen molar-refractivity contribution in [2.75, 3.05) is 5.32 Å². The van der Waals surface area contributed by atoms with E-state index in [4.69, 9.17) is 23.2 Å². The molecule has 0 spiro atoms. The van der Waals surface area contributed by atoms with Crippen LogP contribution in [-0.4, -0.2) is 29.7 Å². The summed E-state index contributed by atoms with van der Waals surface area (Å²) in [5.74, 6) is -1.60. The second-order valence-corrected chi connectivity index (χ2v) is 9.63. The highest BCUT2D eigenvalue weighted by Gasteiger charge is 2.40. The minimum absolute atomic E-state index is 0.0707. The van der Waals surface area contributed by atoms with Gasteiger partial charge >= 0.3 is 0 Å². The molecule has 7 nitrogen and oxygen atoms in total. The Bertz CT molecular complexity index is 1560. The first-order valence-electron chi connectivity index (χ1n) is 11.4. The number of benzene rings is 3. The highest BCUT2D eigenvalue weighted by atomic mass is 35.5. The Balaban J connectivity index is 1.45. The van der Waals surface area contributed by atoms with Gasteiger partial charge in [-0.3, -0.25) is 4.68 Å². The summed E-state index contributed by atoms with van der Waals surface area (Å²) in [6.07, 6.45) is 4.51. The molecule has 0 aliphatic carbocycles. The molecule has 0 bridgehead atoms. The van der Waals surface area contributed by atoms with Crippen LogP contribution in [0.5, 0.6) is 0 Å². The summed E-state index contributed by atoms with van der Waals surface area (Å²) < 4.78 is 31.5. The maximum Gasteiger partial charge on any atom is 0.137 e. The molecule has 5 aromatic rings. The van der Waals surface area contributed by atoms with Gasteiger partial charge in [0.05, 0.1) is 18.1 Å². The Hall–Kier alpha value is -3.53. The topological polar surface area (TPSA) is 80.8 Å². The zero-order chi connectivity index (χ0) is 26.2. The van der Waals surface area contributed by atoms with Crippen molar-refractivity contribution in [1.82, 2.24) is 24.5 Å². The predicted molar refractivity (Wildman–Crippen MR) is 139 cm³/mol. The molecule has 0 aliphatic rings. The van der Waals surface area contributed by atoms with E-state index in [1.54, 1.807) is 29.9 Å². The molecule has 11 heteroatoms. The van der Waals surface area contributed by atoms with Gasteiger partial charge in [0.15, 0.2) is 0 Å². The van der Waals surface area contributed by atoms with Gasteiger partial charge in [-0.15, -0.1) is 0 Å². The highest BCUT2D eigenvalue weighted by Crippen LogP contribution is 2.37. The number of aliphatic hydroxyl groups is 1. The lowest BCUT2D eigenvalue weighted by Gasteiger charge is -2.34. The van der Waals surface area contributed by atoms with E-state index in [2.05, 4.69) is 20.5 Å². The summed E-state index contributed by atoms with van der Waals surface area (Å²) in [5.41, 5.74) is 0.534. The van der Waals surface area contributed by atoms with Crippen LogP contribution in [0.1, 0.15) is 24.1 Å². The fraction of sp³-hybridized carbons (Fsp3) is 0.192. The Labute approximate surface area is 221 Å². The van der Waals surface area contributed by atoms with Gasteiger partial charge < -0.3 is 10.4 Å². The van der Waals surface area contributed by atoms with Gasteiger partial charge in [0.2, 0.25) is 0 Å². The average Bonchev–Trinajstić information content (AvgIpc) is 3.52. The first-order chi connectivity index (χ1) is 17.7. The fourth-order valence-electron chi connectivity index (χ4n) is 4.28. The van der Waals surface area contributed by atoms with Crippen molar-refractivity contribution < 1.29 is 13.9 Å². The van der Waals surface area contributed by atoms with Crippen molar-refractivity contribution in [3.63, 3.8) is 0 Å². The molecule has 0 unspecified atom stereocenters. The Morgan fingerprint density at radius 3 is 2.65 bits per heavy atom. The van der Waals surface area contributed by atoms with Crippen LogP contribution in [0.4, 0.5) is 14.5 Å². The van der Waals surface area contributed by atoms with Gasteiger partial charge in [-0.25, -0.2) is 18.4 Å². The normalized spacial score (nSPS) is 14.0. The highest BCUT2D eigenvalue weighted by molar-refractivity contribution is 6.35. The van der Waals surface area contributed by atoms with E-state index in [1.165, 1.54) is 23.4 Å². The minimum atomic E-state index is -1.82. The SMILES string of the molecule is C[C@@H](n1cc2cc(NCc3ccc(Cl)cc3Cl)ccc2n1)[C@](O)(Cn1cncn1)c1ccc(F)cc1F. The van der Waals surface area contributed by atoms with Crippen molar-refractivity contribution >= 4 is 39.8 Å². The molecule has 0 aliphatic heterocycles. The van der Waals surface area contributed by atoms with E-state index in [-0.39, 0.29) is 12.1 Å². The van der Waals surface area contributed by atoms with Crippen LogP contribution in [0.25, 0.3) is 10.9 Å². The predicted octanol–water partition coefficient (Wildman–Crippen LogP) is 5.97. The lowest BCUT2D eigenvalue weighted by atomic mass is 9.86. The fourth-order valence-corrected chi connectivity index (χ4v) is 4.75. The summed E-state index contributed by atoms with van der Waals surface area (Å²) >= 11 is 12.2. The van der Waals surface area contributed by atoms with Crippen molar-refractivity contribution in [1.29, 1.82) is 0 Å². The first-order valence-corrected chi connectivity index (χ1v) is 12.2. The van der Waals surface area contributed by atoms with Gasteiger partial charge in [-0.1, -0.05) is 35.3 Å². The first kappa shape index (κ1) is 25.1. The van der Waals surface area contributed by atoms with Gasteiger partial charge in [-0.05, 0) is 48.9 Å². The van der Waals surface area contributed by atoms with Crippen LogP contribution in [0.15, 0.2) is 73.4 Å². The standard InChI is InChI=1S/C26H22Cl2F2N6O/c1-16(26(37,13-35-15-31-14-33-35)22-6-4-20(29)10-24(22)30)36-12-18-8-21(5-7-25(18)34-36)32-11-17-2-3-19(27)9-23(17)28/h2-10,12,14-16,32,37H,11,13H2,1H3/t16-,26-/m1/s1. The van der Waals surface area contributed by atoms with Crippen LogP contribution < -0.4 is 5.32 Å². The summed E-state index contributed by atoms with van der Waals surface area (Å²) in [6.45, 7) is 2.09. The number of hydrogen-bond donors (Lipinski definition) is 2. The molecule has 190 valence electrons. The second kappa shape index (κ2) is 10.1. The van der Waals surface area contributed by atoms with Crippen LogP contribution in [0.2, 0.25) is 10.0 Å². The lowest BCUT2D eigenvalue weighted by molar-refractivity contribution is -0.0366. The second-order valence-electron chi connectivity index (χ2n) is 8.79. The molecular weight excluding hydrogens is 521 g/mol. The van der Waals surface area contributed by atoms with Crippen LogP contribution in [0.3, 0.4) is 0 Å². The van der Waals surface area contributed by atoms with Crippen molar-refractivity contribution in [3.05, 3.63) is 106 Å². The average molecular weight is 543 g/mol. The van der Waals surface area contributed by atoms with Crippen LogP contribution in [-0.2, 0) is 18.7 Å². The molecule has 0 saturated carbocycles. The molecule has 37 heavy (non-hydrogen) atoms. The number of nitrogens with one attached hydrogen (secondary N) is 1. The van der Waals surface area contributed by atoms with Crippen LogP contribution in [0, 0.1) is 11.6 Å². The summed E-state index contributed by atoms with van der Waals surface area (Å²) in [4.78, 5) is 3.90. The van der Waals surface area contributed by atoms with E-state index >= 15 is 0 Å². The zero-order valence-electron chi connectivity index (χ0n) is 19.6. The van der Waals surface area contributed by atoms with Gasteiger partial charge in [0.25, 0.3) is 0 Å². The third-order valence-electron chi connectivity index (χ3n) is 6.38. The smallest absolute Gasteiger partial charge is 0.137 e. The summed E-state index contributed by atoms with van der Waals surface area (Å²) in [6, 6.07) is 13.3. The Kier molecular flexibility index (Phi) is 6.85. The van der Waals surface area contributed by atoms with Gasteiger partial charge in [0, 0.05) is 45.5 Å². The largest absolute Gasteiger partial charge is 0.381 e. The zero-order valence-corrected chi connectivity index (χ0v) is 21.1. The molecule has 0 fully saturated rings. The molecule has 0 saturated heterocycles. The van der Waals surface area contributed by atoms with Crippen molar-refractivity contribution in [2.24, 2.45) is 0 Å². The van der Waals surface area contributed by atoms with E-state index < -0.39 is 23.3 Å². The van der Waals surface area contributed by atoms with E-state index in [0.717, 1.165) is 28.8 Å². The van der Waals surface area contributed by atoms with E-state index in [0.29, 0.717) is 22.1 Å². The third-order valence-corrected chi connectivity index (χ3v) is 6.96. The number of hydrogen-bond acceptors (Lipinski definition) is 5. The molecule has 2 heterocycles. The number of anilines is 1. The monoisotopic (exact) mass is 542 g/mol. The molecular formula is C26H22Cl2F2N6O. The van der Waals surface area contributed by atoms with E-state index in [9.17, 15) is 13.9 Å². The molecule has 2 atom stereocenters. The van der Waals surface area contributed by atoms with Crippen molar-refractivity contribution in [2.45, 2.75) is 31.7 Å². The molecule has 3 aromatic carbocycles. The van der Waals surface area contributed by atoms with Gasteiger partial charge in [0.1, 0.15) is 29.9 Å². The summed E-state index contributed by atoms with van der Waals surface area (Å²) in [7, 11) is 0. The molecule has 0 radical (unpaired) electrons. The van der Waals surface area contributed by atoms with Crippen molar-refractivity contribution in [3.8, 4) is 0 Å². The lowest BCUT2D eigenvalue weighted by Crippen LogP contribution is -2.40. The number of fused-ring (bicyclic) bond motifs is 1. The molecule has 2 N–H and O–H groups in total. The van der Waals surface area contributed by atoms with Crippen LogP contribution >= 0.6 is 23.2 Å². The number of rotatable bonds is 8. The maximum atomic E-state index is 14.9.